The number of hydrogen-bond acceptors (Lipinski definition) is 7. The van der Waals surface area contributed by atoms with Gasteiger partial charge in [-0.1, -0.05) is 24.3 Å². The molecule has 0 fully saturated rings. The van der Waals surface area contributed by atoms with E-state index in [9.17, 15) is 4.79 Å². The van der Waals surface area contributed by atoms with Crippen molar-refractivity contribution >= 4 is 45.7 Å². The number of fused-ring (bicyclic) bond motifs is 1. The number of para-hydroxylation sites is 2. The van der Waals surface area contributed by atoms with Crippen LogP contribution in [-0.2, 0) is 0 Å². The Labute approximate surface area is 156 Å². The molecule has 26 heavy (non-hydrogen) atoms. The minimum Gasteiger partial charge on any atom is -0.403 e. The van der Waals surface area contributed by atoms with Crippen molar-refractivity contribution in [3.8, 4) is 11.5 Å². The second-order valence-corrected chi connectivity index (χ2v) is 5.87. The number of benzene rings is 2. The number of aromatic nitrogens is 4. The first-order chi connectivity index (χ1) is 12.6. The van der Waals surface area contributed by atoms with E-state index in [1.807, 2.05) is 0 Å². The van der Waals surface area contributed by atoms with E-state index in [0.717, 1.165) is 0 Å². The summed E-state index contributed by atoms with van der Waals surface area (Å²) in [4.78, 5) is 28.3. The lowest BCUT2D eigenvalue weighted by Gasteiger charge is -2.10. The average Bonchev–Trinajstić information content (AvgIpc) is 2.61. The Kier molecular flexibility index (Phi) is 4.24. The molecule has 128 valence electrons. The fraction of sp³-hybridized carbons (Fsp3) is 0. The highest BCUT2D eigenvalue weighted by Gasteiger charge is 2.13. The van der Waals surface area contributed by atoms with Gasteiger partial charge in [0.15, 0.2) is 0 Å². The van der Waals surface area contributed by atoms with Gasteiger partial charge < -0.3 is 9.73 Å². The largest absolute Gasteiger partial charge is 0.403 e. The van der Waals surface area contributed by atoms with Crippen LogP contribution in [0.4, 0.5) is 11.6 Å². The van der Waals surface area contributed by atoms with Crippen molar-refractivity contribution in [2.75, 3.05) is 5.32 Å². The number of nitrogens with one attached hydrogen (secondary N) is 1. The van der Waals surface area contributed by atoms with Crippen LogP contribution < -0.4 is 10.9 Å². The number of anilines is 2. The summed E-state index contributed by atoms with van der Waals surface area (Å²) in [5.74, 6) is 0.327. The lowest BCUT2D eigenvalue weighted by atomic mass is 10.1. The number of rotatable bonds is 3. The van der Waals surface area contributed by atoms with Crippen LogP contribution >= 0.6 is 23.2 Å². The lowest BCUT2D eigenvalue weighted by Crippen LogP contribution is -2.05. The standard InChI is InChI=1S/C17H9Cl2N5O2/c18-15-22-16(19)24-17(23-15)21-11-7-3-1-5-9(11)13-20-12-8-4-2-6-10(12)14(25)26-13/h1-8H,(H,21,22,23,24). The molecule has 2 heterocycles. The molecule has 0 bridgehead atoms. The zero-order valence-corrected chi connectivity index (χ0v) is 14.5. The van der Waals surface area contributed by atoms with Crippen LogP contribution in [0.1, 0.15) is 0 Å². The topological polar surface area (TPSA) is 93.8 Å². The van der Waals surface area contributed by atoms with E-state index < -0.39 is 5.63 Å². The molecule has 9 heteroatoms. The molecule has 2 aromatic carbocycles. The molecule has 0 aliphatic rings. The molecule has 0 aliphatic heterocycles. The quantitative estimate of drug-likeness (QED) is 0.567. The van der Waals surface area contributed by atoms with Gasteiger partial charge in [0, 0.05) is 0 Å². The maximum absolute atomic E-state index is 12.2. The van der Waals surface area contributed by atoms with Gasteiger partial charge in [-0.3, -0.25) is 0 Å². The summed E-state index contributed by atoms with van der Waals surface area (Å²) in [6.07, 6.45) is 0. The molecule has 0 spiro atoms. The summed E-state index contributed by atoms with van der Waals surface area (Å²) in [6, 6.07) is 14.1. The van der Waals surface area contributed by atoms with Gasteiger partial charge in [0.1, 0.15) is 0 Å². The van der Waals surface area contributed by atoms with Crippen molar-refractivity contribution < 1.29 is 4.42 Å². The molecule has 0 atom stereocenters. The summed E-state index contributed by atoms with van der Waals surface area (Å²) in [5, 5.41) is 3.32. The van der Waals surface area contributed by atoms with Crippen LogP contribution in [0.3, 0.4) is 0 Å². The monoisotopic (exact) mass is 385 g/mol. The van der Waals surface area contributed by atoms with Crippen LogP contribution in [0.15, 0.2) is 57.7 Å². The van der Waals surface area contributed by atoms with Gasteiger partial charge in [-0.15, -0.1) is 0 Å². The normalized spacial score (nSPS) is 10.8. The summed E-state index contributed by atoms with van der Waals surface area (Å²) in [6.45, 7) is 0. The van der Waals surface area contributed by atoms with Crippen molar-refractivity contribution in [2.45, 2.75) is 0 Å². The zero-order valence-electron chi connectivity index (χ0n) is 13.0. The van der Waals surface area contributed by atoms with Crippen molar-refractivity contribution in [3.05, 3.63) is 69.5 Å². The highest BCUT2D eigenvalue weighted by atomic mass is 35.5. The van der Waals surface area contributed by atoms with E-state index in [0.29, 0.717) is 22.2 Å². The Bertz CT molecular complexity index is 1160. The molecule has 4 aromatic rings. The van der Waals surface area contributed by atoms with Crippen molar-refractivity contribution in [2.24, 2.45) is 0 Å². The molecule has 0 aliphatic carbocycles. The lowest BCUT2D eigenvalue weighted by molar-refractivity contribution is 0.518. The fourth-order valence-corrected chi connectivity index (χ4v) is 2.78. The molecule has 0 saturated carbocycles. The Balaban J connectivity index is 1.82. The van der Waals surface area contributed by atoms with Gasteiger partial charge in [-0.2, -0.15) is 15.0 Å². The van der Waals surface area contributed by atoms with Crippen LogP contribution in [0, 0.1) is 0 Å². The van der Waals surface area contributed by atoms with Crippen LogP contribution in [0.5, 0.6) is 0 Å². The minimum absolute atomic E-state index is 0.0413. The summed E-state index contributed by atoms with van der Waals surface area (Å²) in [5.41, 5.74) is 1.20. The SMILES string of the molecule is O=c1oc(-c2ccccc2Nc2nc(Cl)nc(Cl)n2)nc2ccccc12. The van der Waals surface area contributed by atoms with Gasteiger partial charge in [-0.25, -0.2) is 9.78 Å². The molecule has 7 nitrogen and oxygen atoms in total. The smallest absolute Gasteiger partial charge is 0.347 e. The van der Waals surface area contributed by atoms with E-state index >= 15 is 0 Å². The van der Waals surface area contributed by atoms with Crippen LogP contribution in [0.2, 0.25) is 10.6 Å². The maximum Gasteiger partial charge on any atom is 0.347 e. The summed E-state index contributed by atoms with van der Waals surface area (Å²) >= 11 is 11.6. The minimum atomic E-state index is -0.466. The fourth-order valence-electron chi connectivity index (χ4n) is 2.41. The Hall–Kier alpha value is -3.03. The molecule has 0 radical (unpaired) electrons. The Morgan fingerprint density at radius 2 is 1.54 bits per heavy atom. The van der Waals surface area contributed by atoms with Crippen molar-refractivity contribution in [1.29, 1.82) is 0 Å². The Morgan fingerprint density at radius 3 is 2.35 bits per heavy atom. The maximum atomic E-state index is 12.2. The van der Waals surface area contributed by atoms with Crippen LogP contribution in [-0.4, -0.2) is 19.9 Å². The van der Waals surface area contributed by atoms with Gasteiger partial charge in [0.05, 0.1) is 22.2 Å². The van der Waals surface area contributed by atoms with Crippen LogP contribution in [0.25, 0.3) is 22.4 Å². The van der Waals surface area contributed by atoms with Gasteiger partial charge in [0.2, 0.25) is 22.4 Å². The summed E-state index contributed by atoms with van der Waals surface area (Å²) in [7, 11) is 0. The predicted octanol–water partition coefficient (Wildman–Crippen LogP) is 4.09. The third kappa shape index (κ3) is 3.22. The highest BCUT2D eigenvalue weighted by Crippen LogP contribution is 2.28. The predicted molar refractivity (Wildman–Crippen MR) is 98.8 cm³/mol. The molecule has 4 rings (SSSR count). The highest BCUT2D eigenvalue weighted by molar-refractivity contribution is 6.31. The average molecular weight is 386 g/mol. The third-order valence-electron chi connectivity index (χ3n) is 3.52. The summed E-state index contributed by atoms with van der Waals surface area (Å²) < 4.78 is 5.39. The zero-order chi connectivity index (χ0) is 18.1. The first-order valence-corrected chi connectivity index (χ1v) is 8.19. The molecule has 0 saturated heterocycles. The van der Waals surface area contributed by atoms with Crippen molar-refractivity contribution in [1.82, 2.24) is 19.9 Å². The number of hydrogen-bond donors (Lipinski definition) is 1. The molecule has 0 amide bonds. The van der Waals surface area contributed by atoms with E-state index in [2.05, 4.69) is 25.3 Å². The first kappa shape index (κ1) is 16.4. The van der Waals surface area contributed by atoms with Gasteiger partial charge >= 0.3 is 5.63 Å². The molecular formula is C17H9Cl2N5O2. The number of nitrogens with zero attached hydrogens (tertiary/aromatic N) is 4. The van der Waals surface area contributed by atoms with Crippen molar-refractivity contribution in [3.63, 3.8) is 0 Å². The molecule has 2 aromatic heterocycles. The Morgan fingerprint density at radius 1 is 0.846 bits per heavy atom. The molecule has 0 unspecified atom stereocenters. The van der Waals surface area contributed by atoms with E-state index in [1.54, 1.807) is 48.5 Å². The molecular weight excluding hydrogens is 377 g/mol. The van der Waals surface area contributed by atoms with E-state index in [1.165, 1.54) is 0 Å². The second-order valence-electron chi connectivity index (χ2n) is 5.19. The first-order valence-electron chi connectivity index (χ1n) is 7.43. The van der Waals surface area contributed by atoms with E-state index in [4.69, 9.17) is 27.6 Å². The van der Waals surface area contributed by atoms with Gasteiger partial charge in [0.25, 0.3) is 0 Å². The molecule has 1 N–H and O–H groups in total. The number of halogens is 2. The van der Waals surface area contributed by atoms with Gasteiger partial charge in [-0.05, 0) is 47.5 Å². The third-order valence-corrected chi connectivity index (χ3v) is 3.86. The van der Waals surface area contributed by atoms with E-state index in [-0.39, 0.29) is 22.4 Å². The second kappa shape index (κ2) is 6.70.